The molecule has 1 aliphatic heterocycles. The SMILES string of the molecule is C[C@H]1[C@H](CC(C)(C)CSc2ccccc2)C(=O)OC1(C)C. The topological polar surface area (TPSA) is 26.3 Å². The van der Waals surface area contributed by atoms with Crippen LogP contribution in [0, 0.1) is 17.3 Å². The molecule has 0 aliphatic carbocycles. The molecule has 21 heavy (non-hydrogen) atoms. The normalized spacial score (nSPS) is 24.9. The first kappa shape index (κ1) is 16.4. The summed E-state index contributed by atoms with van der Waals surface area (Å²) in [7, 11) is 0. The van der Waals surface area contributed by atoms with Gasteiger partial charge in [-0.1, -0.05) is 39.0 Å². The molecule has 0 spiro atoms. The van der Waals surface area contributed by atoms with Crippen molar-refractivity contribution in [2.45, 2.75) is 51.5 Å². The van der Waals surface area contributed by atoms with E-state index < -0.39 is 0 Å². The summed E-state index contributed by atoms with van der Waals surface area (Å²) < 4.78 is 5.54. The lowest BCUT2D eigenvalue weighted by molar-refractivity contribution is -0.149. The van der Waals surface area contributed by atoms with Crippen LogP contribution in [0.3, 0.4) is 0 Å². The van der Waals surface area contributed by atoms with Crippen LogP contribution < -0.4 is 0 Å². The Morgan fingerprint density at radius 2 is 1.86 bits per heavy atom. The summed E-state index contributed by atoms with van der Waals surface area (Å²) in [6.07, 6.45) is 0.885. The molecule has 0 N–H and O–H groups in total. The van der Waals surface area contributed by atoms with Crippen LogP contribution in [0.15, 0.2) is 35.2 Å². The summed E-state index contributed by atoms with van der Waals surface area (Å²) >= 11 is 1.86. The maximum absolute atomic E-state index is 12.1. The van der Waals surface area contributed by atoms with Gasteiger partial charge in [0.15, 0.2) is 0 Å². The maximum Gasteiger partial charge on any atom is 0.309 e. The van der Waals surface area contributed by atoms with Crippen molar-refractivity contribution in [1.82, 2.24) is 0 Å². The first-order valence-electron chi connectivity index (χ1n) is 7.62. The van der Waals surface area contributed by atoms with Crippen molar-refractivity contribution in [3.05, 3.63) is 30.3 Å². The number of cyclic esters (lactones) is 1. The monoisotopic (exact) mass is 306 g/mol. The van der Waals surface area contributed by atoms with E-state index in [1.54, 1.807) is 0 Å². The van der Waals surface area contributed by atoms with Gasteiger partial charge in [0.1, 0.15) is 5.60 Å². The number of ether oxygens (including phenoxy) is 1. The molecule has 1 saturated heterocycles. The van der Waals surface area contributed by atoms with Gasteiger partial charge >= 0.3 is 5.97 Å². The van der Waals surface area contributed by atoms with Crippen LogP contribution in [0.1, 0.15) is 41.0 Å². The smallest absolute Gasteiger partial charge is 0.309 e. The van der Waals surface area contributed by atoms with Crippen molar-refractivity contribution in [3.63, 3.8) is 0 Å². The molecular weight excluding hydrogens is 280 g/mol. The third-order valence-corrected chi connectivity index (χ3v) is 6.04. The number of carbonyl (C=O) groups is 1. The minimum atomic E-state index is -0.329. The van der Waals surface area contributed by atoms with Crippen LogP contribution in [0.5, 0.6) is 0 Å². The van der Waals surface area contributed by atoms with E-state index >= 15 is 0 Å². The van der Waals surface area contributed by atoms with Gasteiger partial charge in [-0.15, -0.1) is 11.8 Å². The molecule has 2 rings (SSSR count). The maximum atomic E-state index is 12.1. The van der Waals surface area contributed by atoms with Gasteiger partial charge in [0.2, 0.25) is 0 Å². The molecule has 0 bridgehead atoms. The second-order valence-electron chi connectivity index (χ2n) is 7.39. The Bertz CT molecular complexity index is 493. The van der Waals surface area contributed by atoms with E-state index in [2.05, 4.69) is 45.0 Å². The van der Waals surface area contributed by atoms with Gasteiger partial charge in [0.05, 0.1) is 5.92 Å². The van der Waals surface area contributed by atoms with Gasteiger partial charge in [-0.2, -0.15) is 0 Å². The lowest BCUT2D eigenvalue weighted by atomic mass is 9.76. The van der Waals surface area contributed by atoms with Crippen LogP contribution in [0.25, 0.3) is 0 Å². The molecule has 0 amide bonds. The molecule has 0 aromatic heterocycles. The highest BCUT2D eigenvalue weighted by molar-refractivity contribution is 7.99. The molecule has 1 aliphatic rings. The predicted octanol–water partition coefficient (Wildman–Crippen LogP) is 4.78. The van der Waals surface area contributed by atoms with Crippen LogP contribution in [0.2, 0.25) is 0 Å². The first-order chi connectivity index (χ1) is 9.71. The Labute approximate surface area is 132 Å². The summed E-state index contributed by atoms with van der Waals surface area (Å²) in [6, 6.07) is 10.4. The van der Waals surface area contributed by atoms with Gasteiger partial charge in [0.25, 0.3) is 0 Å². The summed E-state index contributed by atoms with van der Waals surface area (Å²) in [6.45, 7) is 10.7. The van der Waals surface area contributed by atoms with Crippen LogP contribution >= 0.6 is 11.8 Å². The van der Waals surface area contributed by atoms with Crippen molar-refractivity contribution < 1.29 is 9.53 Å². The number of benzene rings is 1. The second kappa shape index (κ2) is 6.04. The van der Waals surface area contributed by atoms with E-state index in [0.717, 1.165) is 12.2 Å². The van der Waals surface area contributed by atoms with Gasteiger partial charge < -0.3 is 4.74 Å². The molecule has 1 aromatic carbocycles. The third-order valence-electron chi connectivity index (χ3n) is 4.51. The summed E-state index contributed by atoms with van der Waals surface area (Å²) in [5, 5.41) is 0. The van der Waals surface area contributed by atoms with Crippen LogP contribution in [-0.2, 0) is 9.53 Å². The molecule has 3 heteroatoms. The standard InChI is InChI=1S/C18H26O2S/c1-13-15(16(19)20-18(13,4)5)11-17(2,3)12-21-14-9-7-6-8-10-14/h6-10,13,15H,11-12H2,1-5H3/t13-,15-/m0/s1. The zero-order valence-corrected chi connectivity index (χ0v) is 14.5. The first-order valence-corrected chi connectivity index (χ1v) is 8.60. The fourth-order valence-electron chi connectivity index (χ4n) is 2.83. The number of esters is 1. The molecule has 2 atom stereocenters. The minimum Gasteiger partial charge on any atom is -0.459 e. The molecule has 2 nitrogen and oxygen atoms in total. The van der Waals surface area contributed by atoms with Gasteiger partial charge in [-0.3, -0.25) is 4.79 Å². The van der Waals surface area contributed by atoms with Crippen LogP contribution in [-0.4, -0.2) is 17.3 Å². The van der Waals surface area contributed by atoms with E-state index in [4.69, 9.17) is 4.74 Å². The largest absolute Gasteiger partial charge is 0.459 e. The van der Waals surface area contributed by atoms with E-state index in [9.17, 15) is 4.79 Å². The summed E-state index contributed by atoms with van der Waals surface area (Å²) in [5.74, 6) is 1.27. The van der Waals surface area contributed by atoms with Gasteiger partial charge in [0, 0.05) is 16.6 Å². The van der Waals surface area contributed by atoms with Crippen molar-refractivity contribution in [2.75, 3.05) is 5.75 Å². The zero-order valence-electron chi connectivity index (χ0n) is 13.7. The Hall–Kier alpha value is -0.960. The molecule has 116 valence electrons. The number of thioether (sulfide) groups is 1. The summed E-state index contributed by atoms with van der Waals surface area (Å²) in [4.78, 5) is 13.4. The number of carbonyl (C=O) groups excluding carboxylic acids is 1. The Morgan fingerprint density at radius 1 is 1.24 bits per heavy atom. The Morgan fingerprint density at radius 3 is 2.38 bits per heavy atom. The molecule has 1 fully saturated rings. The summed E-state index contributed by atoms with van der Waals surface area (Å²) in [5.41, 5.74) is -0.219. The number of hydrogen-bond donors (Lipinski definition) is 0. The lowest BCUT2D eigenvalue weighted by Crippen LogP contribution is -2.30. The molecule has 0 saturated carbocycles. The number of hydrogen-bond acceptors (Lipinski definition) is 3. The molecular formula is C18H26O2S. The highest BCUT2D eigenvalue weighted by atomic mass is 32.2. The number of rotatable bonds is 5. The Kier molecular flexibility index (Phi) is 4.72. The fraction of sp³-hybridized carbons (Fsp3) is 0.611. The fourth-order valence-corrected chi connectivity index (χ4v) is 3.85. The van der Waals surface area contributed by atoms with Gasteiger partial charge in [-0.05, 0) is 37.8 Å². The van der Waals surface area contributed by atoms with Crippen molar-refractivity contribution in [2.24, 2.45) is 17.3 Å². The molecule has 0 unspecified atom stereocenters. The van der Waals surface area contributed by atoms with Gasteiger partial charge in [-0.25, -0.2) is 0 Å². The zero-order chi connectivity index (χ0) is 15.7. The molecule has 0 radical (unpaired) electrons. The van der Waals surface area contributed by atoms with E-state index in [1.165, 1.54) is 4.90 Å². The van der Waals surface area contributed by atoms with E-state index in [0.29, 0.717) is 0 Å². The average molecular weight is 306 g/mol. The van der Waals surface area contributed by atoms with Crippen molar-refractivity contribution in [1.29, 1.82) is 0 Å². The van der Waals surface area contributed by atoms with Crippen LogP contribution in [0.4, 0.5) is 0 Å². The molecule has 1 heterocycles. The Balaban J connectivity index is 1.96. The van der Waals surface area contributed by atoms with Crippen molar-refractivity contribution >= 4 is 17.7 Å². The predicted molar refractivity (Wildman–Crippen MR) is 88.4 cm³/mol. The lowest BCUT2D eigenvalue weighted by Gasteiger charge is -2.29. The van der Waals surface area contributed by atoms with E-state index in [-0.39, 0.29) is 28.8 Å². The average Bonchev–Trinajstić information content (AvgIpc) is 2.60. The quantitative estimate of drug-likeness (QED) is 0.578. The minimum absolute atomic E-state index is 0.0198. The second-order valence-corrected chi connectivity index (χ2v) is 8.44. The highest BCUT2D eigenvalue weighted by Gasteiger charge is 2.48. The van der Waals surface area contributed by atoms with E-state index in [1.807, 2.05) is 31.7 Å². The molecule has 1 aromatic rings. The van der Waals surface area contributed by atoms with Crippen molar-refractivity contribution in [3.8, 4) is 0 Å². The third kappa shape index (κ3) is 4.03. The highest BCUT2D eigenvalue weighted by Crippen LogP contribution is 2.43.